The summed E-state index contributed by atoms with van der Waals surface area (Å²) in [5.74, 6) is 0.533. The molecular formula is C65H50. The minimum atomic E-state index is 0.533. The van der Waals surface area contributed by atoms with Gasteiger partial charge >= 0.3 is 0 Å². The Bertz CT molecular complexity index is 3620. The van der Waals surface area contributed by atoms with Crippen molar-refractivity contribution < 1.29 is 0 Å². The maximum atomic E-state index is 2.44. The summed E-state index contributed by atoms with van der Waals surface area (Å²) in [5, 5.41) is 10.5. The monoisotopic (exact) mass is 830 g/mol. The molecule has 65 heavy (non-hydrogen) atoms. The molecule has 0 bridgehead atoms. The number of aryl methyl sites for hydroxylation is 3. The summed E-state index contributed by atoms with van der Waals surface area (Å²) in [4.78, 5) is 0. The molecule has 0 amide bonds. The van der Waals surface area contributed by atoms with Gasteiger partial charge in [-0.2, -0.15) is 0 Å². The third-order valence-electron chi connectivity index (χ3n) is 13.5. The first-order chi connectivity index (χ1) is 32.0. The van der Waals surface area contributed by atoms with Gasteiger partial charge in [-0.25, -0.2) is 0 Å². The summed E-state index contributed by atoms with van der Waals surface area (Å²) in [6.07, 6.45) is 3.54. The number of rotatable bonds is 3. The van der Waals surface area contributed by atoms with E-state index in [1.54, 1.807) is 0 Å². The van der Waals surface area contributed by atoms with Gasteiger partial charge in [0.2, 0.25) is 0 Å². The first-order valence-corrected chi connectivity index (χ1v) is 22.9. The van der Waals surface area contributed by atoms with Crippen molar-refractivity contribution >= 4 is 48.7 Å². The number of fused-ring (bicyclic) bond motifs is 9. The minimum Gasteiger partial charge on any atom is -0.0751 e. The highest BCUT2D eigenvalue weighted by atomic mass is 14.4. The largest absolute Gasteiger partial charge is 0.0751 e. The maximum Gasteiger partial charge on any atom is 0.0143 e. The Kier molecular flexibility index (Phi) is 10.5. The van der Waals surface area contributed by atoms with E-state index in [-0.39, 0.29) is 0 Å². The first kappa shape index (κ1) is 40.0. The Morgan fingerprint density at radius 3 is 1.58 bits per heavy atom. The van der Waals surface area contributed by atoms with Crippen LogP contribution in [0.25, 0.3) is 82.0 Å². The Morgan fingerprint density at radius 1 is 0.308 bits per heavy atom. The first-order valence-electron chi connectivity index (χ1n) is 22.9. The van der Waals surface area contributed by atoms with Gasteiger partial charge in [-0.3, -0.25) is 0 Å². The molecule has 0 radical (unpaired) electrons. The van der Waals surface area contributed by atoms with Crippen molar-refractivity contribution in [3.63, 3.8) is 0 Å². The van der Waals surface area contributed by atoms with E-state index in [2.05, 4.69) is 251 Å². The van der Waals surface area contributed by atoms with Crippen LogP contribution in [-0.2, 0) is 0 Å². The van der Waals surface area contributed by atoms with Crippen molar-refractivity contribution in [2.45, 2.75) is 33.1 Å². The van der Waals surface area contributed by atoms with Crippen LogP contribution < -0.4 is 0 Å². The summed E-state index contributed by atoms with van der Waals surface area (Å²) < 4.78 is 0. The third-order valence-corrected chi connectivity index (χ3v) is 13.5. The van der Waals surface area contributed by atoms with Gasteiger partial charge in [0.15, 0.2) is 0 Å². The van der Waals surface area contributed by atoms with Crippen molar-refractivity contribution in [3.05, 3.63) is 269 Å². The van der Waals surface area contributed by atoms with Crippen LogP contribution >= 0.6 is 0 Å². The fourth-order valence-corrected chi connectivity index (χ4v) is 10.4. The molecule has 0 aliphatic heterocycles. The normalized spacial score (nSPS) is 13.3. The molecule has 2 aliphatic carbocycles. The van der Waals surface area contributed by atoms with Crippen LogP contribution in [0.1, 0.15) is 51.3 Å². The predicted octanol–water partition coefficient (Wildman–Crippen LogP) is 17.9. The molecule has 0 heterocycles. The third kappa shape index (κ3) is 7.62. The highest BCUT2D eigenvalue weighted by Gasteiger charge is 2.33. The van der Waals surface area contributed by atoms with Gasteiger partial charge in [0.25, 0.3) is 0 Å². The van der Waals surface area contributed by atoms with Crippen LogP contribution in [-0.4, -0.2) is 0 Å². The molecule has 0 saturated heterocycles. The SMILES string of the molecule is Cc1cccc(-c2cc3ccccc3c3ccccc23)c1.Cc1cccc(-c2ccc3c(ccc4ccccc43)c2)c1.Cc1cccc(C2=CCC3c4ccccc4-c4cccc2c43)c1. The zero-order chi connectivity index (χ0) is 43.9. The molecule has 0 N–H and O–H groups in total. The number of benzene rings is 11. The molecule has 1 atom stereocenters. The van der Waals surface area contributed by atoms with E-state index in [4.69, 9.17) is 0 Å². The van der Waals surface area contributed by atoms with Crippen molar-refractivity contribution in [1.82, 2.24) is 0 Å². The molecule has 11 aromatic rings. The van der Waals surface area contributed by atoms with Gasteiger partial charge in [-0.1, -0.05) is 235 Å². The molecular weight excluding hydrogens is 781 g/mol. The number of allylic oxidation sites excluding steroid dienone is 1. The lowest BCUT2D eigenvalue weighted by molar-refractivity contribution is 0.840. The second kappa shape index (κ2) is 17.1. The average molecular weight is 831 g/mol. The fourth-order valence-electron chi connectivity index (χ4n) is 10.4. The quantitative estimate of drug-likeness (QED) is 0.156. The summed E-state index contributed by atoms with van der Waals surface area (Å²) >= 11 is 0. The van der Waals surface area contributed by atoms with Crippen LogP contribution in [0, 0.1) is 20.8 Å². The molecule has 0 aromatic heterocycles. The second-order valence-electron chi connectivity index (χ2n) is 17.8. The average Bonchev–Trinajstić information content (AvgIpc) is 3.68. The standard InChI is InChI=1S/C23H18.2C21H16/c1-15-6-4-7-16(14-15)17-12-13-22-19-9-3-2-8-18(19)21-11-5-10-20(17)23(21)22;1-15-7-6-9-16(13-15)21-14-17-8-2-3-10-18(17)19-11-4-5-12-20(19)21;1-15-5-4-7-17(13-15)18-11-12-21-19(14-18)10-9-16-6-2-3-8-20(16)21/h2-12,14,22H,13H2,1H3;2*2-14H,1H3. The van der Waals surface area contributed by atoms with E-state index < -0.39 is 0 Å². The van der Waals surface area contributed by atoms with Crippen molar-refractivity contribution in [2.75, 3.05) is 0 Å². The van der Waals surface area contributed by atoms with E-state index in [1.807, 2.05) is 0 Å². The van der Waals surface area contributed by atoms with Gasteiger partial charge in [0.05, 0.1) is 0 Å². The van der Waals surface area contributed by atoms with E-state index in [0.29, 0.717) is 5.92 Å². The molecule has 13 rings (SSSR count). The molecule has 0 spiro atoms. The number of hydrogen-bond acceptors (Lipinski definition) is 0. The molecule has 1 unspecified atom stereocenters. The van der Waals surface area contributed by atoms with Crippen LogP contribution in [0.15, 0.2) is 231 Å². The van der Waals surface area contributed by atoms with Crippen LogP contribution in [0.3, 0.4) is 0 Å². The van der Waals surface area contributed by atoms with E-state index in [9.17, 15) is 0 Å². The molecule has 0 heteroatoms. The zero-order valence-corrected chi connectivity index (χ0v) is 37.2. The predicted molar refractivity (Wildman–Crippen MR) is 280 cm³/mol. The lowest BCUT2D eigenvalue weighted by atomic mass is 9.80. The molecule has 0 nitrogen and oxygen atoms in total. The summed E-state index contributed by atoms with van der Waals surface area (Å²) in [6.45, 7) is 6.45. The van der Waals surface area contributed by atoms with Gasteiger partial charge in [-0.05, 0) is 144 Å². The Balaban J connectivity index is 0.000000108. The van der Waals surface area contributed by atoms with Crippen molar-refractivity contribution in [3.8, 4) is 33.4 Å². The van der Waals surface area contributed by atoms with Crippen LogP contribution in [0.4, 0.5) is 0 Å². The fraction of sp³-hybridized carbons (Fsp3) is 0.0769. The van der Waals surface area contributed by atoms with Gasteiger partial charge < -0.3 is 0 Å². The maximum absolute atomic E-state index is 2.44. The smallest absolute Gasteiger partial charge is 0.0143 e. The lowest BCUT2D eigenvalue weighted by Gasteiger charge is -2.23. The highest BCUT2D eigenvalue weighted by Crippen LogP contribution is 2.52. The Labute approximate surface area is 382 Å². The highest BCUT2D eigenvalue weighted by molar-refractivity contribution is 6.14. The van der Waals surface area contributed by atoms with Crippen molar-refractivity contribution in [2.24, 2.45) is 0 Å². The van der Waals surface area contributed by atoms with Gasteiger partial charge in [0, 0.05) is 5.92 Å². The number of hydrogen-bond donors (Lipinski definition) is 0. The van der Waals surface area contributed by atoms with Gasteiger partial charge in [0.1, 0.15) is 0 Å². The summed E-state index contributed by atoms with van der Waals surface area (Å²) in [5.41, 5.74) is 19.1. The van der Waals surface area contributed by atoms with Crippen LogP contribution in [0.5, 0.6) is 0 Å². The molecule has 0 fully saturated rings. The van der Waals surface area contributed by atoms with E-state index in [1.165, 1.54) is 121 Å². The lowest BCUT2D eigenvalue weighted by Crippen LogP contribution is -2.06. The van der Waals surface area contributed by atoms with Crippen LogP contribution in [0.2, 0.25) is 0 Å². The molecule has 11 aromatic carbocycles. The topological polar surface area (TPSA) is 0 Å². The molecule has 2 aliphatic rings. The Morgan fingerprint density at radius 2 is 0.815 bits per heavy atom. The van der Waals surface area contributed by atoms with E-state index >= 15 is 0 Å². The second-order valence-corrected chi connectivity index (χ2v) is 17.8. The molecule has 0 saturated carbocycles. The summed E-state index contributed by atoms with van der Waals surface area (Å²) in [6, 6.07) is 81.3. The van der Waals surface area contributed by atoms with E-state index in [0.717, 1.165) is 6.42 Å². The minimum absolute atomic E-state index is 0.533. The van der Waals surface area contributed by atoms with Gasteiger partial charge in [-0.15, -0.1) is 0 Å². The summed E-state index contributed by atoms with van der Waals surface area (Å²) in [7, 11) is 0. The Hall–Kier alpha value is -7.80. The molecule has 310 valence electrons. The zero-order valence-electron chi connectivity index (χ0n) is 37.2. The van der Waals surface area contributed by atoms with Crippen molar-refractivity contribution in [1.29, 1.82) is 0 Å².